The average Bonchev–Trinajstić information content (AvgIpc) is 2.77. The number of carbonyl (C=O) groups is 2. The molecule has 7 nitrogen and oxygen atoms in total. The predicted octanol–water partition coefficient (Wildman–Crippen LogP) is 5.32. The molecule has 0 bridgehead atoms. The lowest BCUT2D eigenvalue weighted by Gasteiger charge is -2.23. The molecule has 34 heavy (non-hydrogen) atoms. The van der Waals surface area contributed by atoms with E-state index in [2.05, 4.69) is 5.32 Å². The number of hydrogen-bond acceptors (Lipinski definition) is 7. The zero-order chi connectivity index (χ0) is 24.9. The molecule has 0 aliphatic rings. The van der Waals surface area contributed by atoms with Gasteiger partial charge in [0.1, 0.15) is 23.0 Å². The molecule has 180 valence electrons. The third kappa shape index (κ3) is 6.41. The number of hydrogen-bond donors (Lipinski definition) is 1. The van der Waals surface area contributed by atoms with E-state index in [1.54, 1.807) is 51.6 Å². The first kappa shape index (κ1) is 25.4. The number of ether oxygens (including phenoxy) is 2. The highest BCUT2D eigenvalue weighted by Gasteiger charge is 2.26. The molecular formula is C26H29NO6S. The molecule has 0 saturated heterocycles. The fraction of sp³-hybridized carbons (Fsp3) is 0.346. The van der Waals surface area contributed by atoms with Crippen molar-refractivity contribution in [3.05, 3.63) is 64.5 Å². The molecule has 0 aliphatic heterocycles. The Morgan fingerprint density at radius 3 is 2.47 bits per heavy atom. The molecule has 1 amide bonds. The Hall–Kier alpha value is -3.26. The molecule has 8 heteroatoms. The quantitative estimate of drug-likeness (QED) is 0.276. The Morgan fingerprint density at radius 1 is 1.12 bits per heavy atom. The van der Waals surface area contributed by atoms with E-state index < -0.39 is 29.3 Å². The second-order valence-electron chi connectivity index (χ2n) is 8.81. The summed E-state index contributed by atoms with van der Waals surface area (Å²) in [5, 5.41) is 3.33. The fourth-order valence-corrected chi connectivity index (χ4v) is 3.90. The van der Waals surface area contributed by atoms with Gasteiger partial charge in [-0.2, -0.15) is 11.8 Å². The van der Waals surface area contributed by atoms with Crippen molar-refractivity contribution >= 4 is 34.8 Å². The molecule has 0 unspecified atom stereocenters. The van der Waals surface area contributed by atoms with Gasteiger partial charge in [0, 0.05) is 17.0 Å². The van der Waals surface area contributed by atoms with Gasteiger partial charge < -0.3 is 19.2 Å². The number of thioether (sulfide) groups is 1. The summed E-state index contributed by atoms with van der Waals surface area (Å²) in [5.74, 6) is 0.275. The maximum Gasteiger partial charge on any atom is 0.408 e. The van der Waals surface area contributed by atoms with Gasteiger partial charge in [0.15, 0.2) is 0 Å². The molecule has 0 aliphatic carbocycles. The summed E-state index contributed by atoms with van der Waals surface area (Å²) in [6.07, 6.45) is 1.60. The van der Waals surface area contributed by atoms with Crippen LogP contribution in [0, 0.1) is 6.92 Å². The van der Waals surface area contributed by atoms with Crippen LogP contribution in [-0.4, -0.2) is 35.7 Å². The van der Waals surface area contributed by atoms with Crippen LogP contribution in [0.5, 0.6) is 5.75 Å². The molecule has 1 atom stereocenters. The van der Waals surface area contributed by atoms with Gasteiger partial charge in [-0.05, 0) is 69.4 Å². The summed E-state index contributed by atoms with van der Waals surface area (Å²) in [6.45, 7) is 6.97. The first-order valence-corrected chi connectivity index (χ1v) is 12.3. The lowest BCUT2D eigenvalue weighted by Crippen LogP contribution is -2.45. The van der Waals surface area contributed by atoms with Crippen molar-refractivity contribution in [2.24, 2.45) is 0 Å². The summed E-state index contributed by atoms with van der Waals surface area (Å²) >= 11 is 1.55. The molecule has 3 aromatic rings. The van der Waals surface area contributed by atoms with E-state index in [1.165, 1.54) is 6.07 Å². The highest BCUT2D eigenvalue weighted by molar-refractivity contribution is 7.98. The first-order chi connectivity index (χ1) is 16.1. The van der Waals surface area contributed by atoms with Crippen LogP contribution in [0.15, 0.2) is 57.7 Å². The van der Waals surface area contributed by atoms with Crippen molar-refractivity contribution in [3.8, 4) is 16.9 Å². The minimum Gasteiger partial charge on any atom is -0.444 e. The number of nitrogens with one attached hydrogen (secondary N) is 1. The SMILES string of the molecule is CSCC[C@H](NC(=O)OC(C)(C)C)C(=O)Oc1ccc2c(-c3ccccc3)cc(=O)oc2c1C. The Bertz CT molecular complexity index is 1230. The van der Waals surface area contributed by atoms with Crippen LogP contribution in [-0.2, 0) is 9.53 Å². The minimum atomic E-state index is -0.889. The second kappa shape index (κ2) is 10.8. The normalized spacial score (nSPS) is 12.3. The van der Waals surface area contributed by atoms with E-state index in [0.717, 1.165) is 16.5 Å². The largest absolute Gasteiger partial charge is 0.444 e. The van der Waals surface area contributed by atoms with Gasteiger partial charge in [-0.1, -0.05) is 30.3 Å². The van der Waals surface area contributed by atoms with Crippen molar-refractivity contribution in [1.82, 2.24) is 5.32 Å². The first-order valence-electron chi connectivity index (χ1n) is 10.9. The van der Waals surface area contributed by atoms with Crippen LogP contribution >= 0.6 is 11.8 Å². The highest BCUT2D eigenvalue weighted by Crippen LogP contribution is 2.33. The zero-order valence-corrected chi connectivity index (χ0v) is 20.8. The minimum absolute atomic E-state index is 0.256. The maximum absolute atomic E-state index is 13.0. The van der Waals surface area contributed by atoms with Gasteiger partial charge >= 0.3 is 17.7 Å². The van der Waals surface area contributed by atoms with Crippen LogP contribution in [0.2, 0.25) is 0 Å². The summed E-state index contributed by atoms with van der Waals surface area (Å²) in [4.78, 5) is 37.5. The summed E-state index contributed by atoms with van der Waals surface area (Å²) < 4.78 is 16.4. The van der Waals surface area contributed by atoms with Crippen molar-refractivity contribution in [2.75, 3.05) is 12.0 Å². The number of amides is 1. The maximum atomic E-state index is 13.0. The third-order valence-electron chi connectivity index (χ3n) is 4.99. The summed E-state index contributed by atoms with van der Waals surface area (Å²) in [5.41, 5.74) is 1.28. The highest BCUT2D eigenvalue weighted by atomic mass is 32.2. The number of fused-ring (bicyclic) bond motifs is 1. The number of carbonyl (C=O) groups excluding carboxylic acids is 2. The Labute approximate surface area is 202 Å². The molecule has 1 N–H and O–H groups in total. The lowest BCUT2D eigenvalue weighted by molar-refractivity contribution is -0.136. The summed E-state index contributed by atoms with van der Waals surface area (Å²) in [6, 6.07) is 13.5. The molecular weight excluding hydrogens is 454 g/mol. The van der Waals surface area contributed by atoms with E-state index in [9.17, 15) is 14.4 Å². The van der Waals surface area contributed by atoms with Crippen LogP contribution in [0.1, 0.15) is 32.8 Å². The molecule has 0 radical (unpaired) electrons. The van der Waals surface area contributed by atoms with Gasteiger partial charge in [0.05, 0.1) is 0 Å². The smallest absolute Gasteiger partial charge is 0.408 e. The van der Waals surface area contributed by atoms with E-state index in [1.807, 2.05) is 36.6 Å². The van der Waals surface area contributed by atoms with Gasteiger partial charge in [-0.25, -0.2) is 14.4 Å². The molecule has 1 aromatic heterocycles. The van der Waals surface area contributed by atoms with E-state index in [-0.39, 0.29) is 5.75 Å². The van der Waals surface area contributed by atoms with Gasteiger partial charge in [-0.3, -0.25) is 0 Å². The van der Waals surface area contributed by atoms with Crippen molar-refractivity contribution in [2.45, 2.75) is 45.8 Å². The molecule has 0 spiro atoms. The zero-order valence-electron chi connectivity index (χ0n) is 20.0. The second-order valence-corrected chi connectivity index (χ2v) is 9.80. The van der Waals surface area contributed by atoms with Gasteiger partial charge in [-0.15, -0.1) is 0 Å². The topological polar surface area (TPSA) is 94.8 Å². The number of aryl methyl sites for hydroxylation is 1. The number of benzene rings is 2. The molecule has 0 saturated carbocycles. The predicted molar refractivity (Wildman–Crippen MR) is 134 cm³/mol. The van der Waals surface area contributed by atoms with E-state index in [4.69, 9.17) is 13.9 Å². The Kier molecular flexibility index (Phi) is 8.04. The van der Waals surface area contributed by atoms with Crippen molar-refractivity contribution in [3.63, 3.8) is 0 Å². The number of esters is 1. The third-order valence-corrected chi connectivity index (χ3v) is 5.64. The lowest BCUT2D eigenvalue weighted by atomic mass is 10.0. The van der Waals surface area contributed by atoms with Gasteiger partial charge in [0.2, 0.25) is 0 Å². The van der Waals surface area contributed by atoms with Crippen LogP contribution in [0.25, 0.3) is 22.1 Å². The summed E-state index contributed by atoms with van der Waals surface area (Å²) in [7, 11) is 0. The van der Waals surface area contributed by atoms with E-state index in [0.29, 0.717) is 23.3 Å². The molecule has 3 rings (SSSR count). The van der Waals surface area contributed by atoms with Crippen molar-refractivity contribution in [1.29, 1.82) is 0 Å². The van der Waals surface area contributed by atoms with Crippen LogP contribution in [0.4, 0.5) is 4.79 Å². The number of rotatable bonds is 7. The van der Waals surface area contributed by atoms with Crippen LogP contribution < -0.4 is 15.7 Å². The van der Waals surface area contributed by atoms with Crippen molar-refractivity contribution < 1.29 is 23.5 Å². The number of alkyl carbamates (subject to hydrolysis) is 1. The standard InChI is InChI=1S/C26H29NO6S/c1-16-21(31-24(29)20(13-14-34-5)27-25(30)33-26(2,3)4)12-11-18-19(15-22(28)32-23(16)18)17-9-7-6-8-10-17/h6-12,15,20H,13-14H2,1-5H3,(H,27,30)/t20-/m0/s1. The van der Waals surface area contributed by atoms with Crippen LogP contribution in [0.3, 0.4) is 0 Å². The van der Waals surface area contributed by atoms with Gasteiger partial charge in [0.25, 0.3) is 0 Å². The fourth-order valence-electron chi connectivity index (χ4n) is 3.42. The Balaban J connectivity index is 1.90. The molecule has 2 aromatic carbocycles. The monoisotopic (exact) mass is 483 g/mol. The van der Waals surface area contributed by atoms with E-state index >= 15 is 0 Å². The molecule has 1 heterocycles. The average molecular weight is 484 g/mol. The molecule has 0 fully saturated rings. The Morgan fingerprint density at radius 2 is 1.82 bits per heavy atom.